The zero-order chi connectivity index (χ0) is 18.8. The van der Waals surface area contributed by atoms with E-state index in [1.807, 2.05) is 6.20 Å². The molecule has 3 N–H and O–H groups in total. The standard InChI is InChI=1S/C18H25N5O2S/c1-13-12-23-16(26-13)7-8-21-18(19-2)22-10-9-20-17(24)14-5-4-6-15(11-14)25-3/h4-6,11-12H,7-10H2,1-3H3,(H,20,24)(H2,19,21,22). The van der Waals surface area contributed by atoms with Crippen molar-refractivity contribution < 1.29 is 9.53 Å². The fraction of sp³-hybridized carbons (Fsp3) is 0.389. The van der Waals surface area contributed by atoms with E-state index in [2.05, 4.69) is 32.9 Å². The van der Waals surface area contributed by atoms with E-state index in [4.69, 9.17) is 4.74 Å². The second-order valence-electron chi connectivity index (χ2n) is 5.53. The number of thiazole rings is 1. The lowest BCUT2D eigenvalue weighted by molar-refractivity contribution is 0.0954. The lowest BCUT2D eigenvalue weighted by Crippen LogP contribution is -2.42. The van der Waals surface area contributed by atoms with Crippen LogP contribution in [0.2, 0.25) is 0 Å². The zero-order valence-corrected chi connectivity index (χ0v) is 16.2. The number of aromatic nitrogens is 1. The lowest BCUT2D eigenvalue weighted by Gasteiger charge is -2.12. The van der Waals surface area contributed by atoms with E-state index in [-0.39, 0.29) is 5.91 Å². The number of amides is 1. The minimum absolute atomic E-state index is 0.132. The summed E-state index contributed by atoms with van der Waals surface area (Å²) in [5.41, 5.74) is 0.575. The van der Waals surface area contributed by atoms with Crippen molar-refractivity contribution in [2.75, 3.05) is 33.8 Å². The molecule has 0 aliphatic carbocycles. The lowest BCUT2D eigenvalue weighted by atomic mass is 10.2. The van der Waals surface area contributed by atoms with Gasteiger partial charge in [-0.2, -0.15) is 0 Å². The van der Waals surface area contributed by atoms with Crippen LogP contribution >= 0.6 is 11.3 Å². The third-order valence-electron chi connectivity index (χ3n) is 3.56. The van der Waals surface area contributed by atoms with Crippen LogP contribution in [0.15, 0.2) is 35.5 Å². The average molecular weight is 375 g/mol. The summed E-state index contributed by atoms with van der Waals surface area (Å²) < 4.78 is 5.13. The topological polar surface area (TPSA) is 87.6 Å². The van der Waals surface area contributed by atoms with Crippen molar-refractivity contribution in [1.82, 2.24) is 20.9 Å². The Labute approximate surface area is 157 Å². The molecule has 140 valence electrons. The van der Waals surface area contributed by atoms with Gasteiger partial charge in [-0.1, -0.05) is 6.07 Å². The van der Waals surface area contributed by atoms with Crippen LogP contribution in [0.4, 0.5) is 0 Å². The summed E-state index contributed by atoms with van der Waals surface area (Å²) in [6.45, 7) is 3.87. The van der Waals surface area contributed by atoms with Gasteiger partial charge in [0.1, 0.15) is 5.75 Å². The Kier molecular flexibility index (Phi) is 7.88. The molecule has 0 spiro atoms. The predicted octanol–water partition coefficient (Wildman–Crippen LogP) is 1.60. The molecular weight excluding hydrogens is 350 g/mol. The van der Waals surface area contributed by atoms with Gasteiger partial charge in [-0.3, -0.25) is 9.79 Å². The first-order valence-electron chi connectivity index (χ1n) is 8.40. The minimum atomic E-state index is -0.132. The van der Waals surface area contributed by atoms with Gasteiger partial charge in [0.05, 0.1) is 12.1 Å². The summed E-state index contributed by atoms with van der Waals surface area (Å²) >= 11 is 1.70. The molecule has 0 aliphatic heterocycles. The number of aryl methyl sites for hydroxylation is 1. The smallest absolute Gasteiger partial charge is 0.251 e. The van der Waals surface area contributed by atoms with Gasteiger partial charge in [0, 0.05) is 49.7 Å². The van der Waals surface area contributed by atoms with Gasteiger partial charge >= 0.3 is 0 Å². The highest BCUT2D eigenvalue weighted by atomic mass is 32.1. The molecule has 1 amide bonds. The number of carbonyl (C=O) groups is 1. The first-order valence-corrected chi connectivity index (χ1v) is 9.22. The Morgan fingerprint density at radius 1 is 1.23 bits per heavy atom. The Morgan fingerprint density at radius 3 is 2.69 bits per heavy atom. The number of nitrogens with one attached hydrogen (secondary N) is 3. The Hall–Kier alpha value is -2.61. The Bertz CT molecular complexity index is 745. The molecule has 2 rings (SSSR count). The number of carbonyl (C=O) groups excluding carboxylic acids is 1. The molecule has 26 heavy (non-hydrogen) atoms. The zero-order valence-electron chi connectivity index (χ0n) is 15.3. The minimum Gasteiger partial charge on any atom is -0.497 e. The highest BCUT2D eigenvalue weighted by Crippen LogP contribution is 2.12. The molecule has 7 nitrogen and oxygen atoms in total. The van der Waals surface area contributed by atoms with Crippen molar-refractivity contribution in [3.8, 4) is 5.75 Å². The van der Waals surface area contributed by atoms with Crippen molar-refractivity contribution in [2.45, 2.75) is 13.3 Å². The summed E-state index contributed by atoms with van der Waals surface area (Å²) in [6, 6.07) is 7.07. The number of benzene rings is 1. The Balaban J connectivity index is 1.66. The van der Waals surface area contributed by atoms with Crippen LogP contribution in [-0.4, -0.2) is 50.6 Å². The van der Waals surface area contributed by atoms with Crippen molar-refractivity contribution in [3.05, 3.63) is 45.9 Å². The molecule has 0 saturated heterocycles. The monoisotopic (exact) mass is 375 g/mol. The number of rotatable bonds is 8. The number of ether oxygens (including phenoxy) is 1. The largest absolute Gasteiger partial charge is 0.497 e. The number of aliphatic imine (C=N–C) groups is 1. The molecule has 0 unspecified atom stereocenters. The van der Waals surface area contributed by atoms with Gasteiger partial charge in [-0.15, -0.1) is 11.3 Å². The van der Waals surface area contributed by atoms with Crippen molar-refractivity contribution in [1.29, 1.82) is 0 Å². The second-order valence-corrected chi connectivity index (χ2v) is 6.85. The van der Waals surface area contributed by atoms with Crippen molar-refractivity contribution >= 4 is 23.2 Å². The SMILES string of the molecule is CN=C(NCCNC(=O)c1cccc(OC)c1)NCCc1ncc(C)s1. The first kappa shape index (κ1) is 19.7. The van der Waals surface area contributed by atoms with Crippen LogP contribution < -0.4 is 20.7 Å². The van der Waals surface area contributed by atoms with Gasteiger partial charge < -0.3 is 20.7 Å². The van der Waals surface area contributed by atoms with Gasteiger partial charge in [0.2, 0.25) is 0 Å². The highest BCUT2D eigenvalue weighted by Gasteiger charge is 2.06. The van der Waals surface area contributed by atoms with Crippen LogP contribution in [0.25, 0.3) is 0 Å². The van der Waals surface area contributed by atoms with Crippen molar-refractivity contribution in [2.24, 2.45) is 4.99 Å². The molecule has 0 fully saturated rings. The molecule has 1 aromatic heterocycles. The maximum atomic E-state index is 12.1. The molecule has 0 radical (unpaired) electrons. The molecule has 1 heterocycles. The Morgan fingerprint density at radius 2 is 2.00 bits per heavy atom. The molecule has 1 aromatic carbocycles. The second kappa shape index (κ2) is 10.4. The van der Waals surface area contributed by atoms with Crippen LogP contribution in [0, 0.1) is 6.92 Å². The maximum absolute atomic E-state index is 12.1. The van der Waals surface area contributed by atoms with Crippen LogP contribution in [-0.2, 0) is 6.42 Å². The quantitative estimate of drug-likeness (QED) is 0.371. The number of hydrogen-bond acceptors (Lipinski definition) is 5. The molecule has 0 saturated carbocycles. The normalized spacial score (nSPS) is 11.1. The predicted molar refractivity (Wildman–Crippen MR) is 105 cm³/mol. The number of nitrogens with zero attached hydrogens (tertiary/aromatic N) is 2. The molecule has 0 aliphatic rings. The van der Waals surface area contributed by atoms with E-state index in [1.165, 1.54) is 4.88 Å². The number of methoxy groups -OCH3 is 1. The molecule has 0 bridgehead atoms. The van der Waals surface area contributed by atoms with Gasteiger partial charge in [0.25, 0.3) is 5.91 Å². The summed E-state index contributed by atoms with van der Waals surface area (Å²) in [5.74, 6) is 1.23. The summed E-state index contributed by atoms with van der Waals surface area (Å²) in [7, 11) is 3.30. The molecule has 2 aromatic rings. The van der Waals surface area contributed by atoms with E-state index in [1.54, 1.807) is 49.8 Å². The van der Waals surface area contributed by atoms with Gasteiger partial charge in [-0.25, -0.2) is 4.98 Å². The van der Waals surface area contributed by atoms with Crippen LogP contribution in [0.1, 0.15) is 20.2 Å². The third-order valence-corrected chi connectivity index (χ3v) is 4.53. The molecule has 0 atom stereocenters. The van der Waals surface area contributed by atoms with Gasteiger partial charge in [0.15, 0.2) is 5.96 Å². The van der Waals surface area contributed by atoms with Crippen LogP contribution in [0.3, 0.4) is 0 Å². The van der Waals surface area contributed by atoms with Crippen LogP contribution in [0.5, 0.6) is 5.75 Å². The summed E-state index contributed by atoms with van der Waals surface area (Å²) in [4.78, 5) is 21.8. The highest BCUT2D eigenvalue weighted by molar-refractivity contribution is 7.11. The molecular formula is C18H25N5O2S. The third kappa shape index (κ3) is 6.36. The van der Waals surface area contributed by atoms with E-state index in [0.717, 1.165) is 18.0 Å². The van der Waals surface area contributed by atoms with E-state index in [0.29, 0.717) is 30.4 Å². The van der Waals surface area contributed by atoms with E-state index < -0.39 is 0 Å². The maximum Gasteiger partial charge on any atom is 0.251 e. The summed E-state index contributed by atoms with van der Waals surface area (Å²) in [6.07, 6.45) is 2.74. The summed E-state index contributed by atoms with van der Waals surface area (Å²) in [5, 5.41) is 10.4. The fourth-order valence-electron chi connectivity index (χ4n) is 2.25. The first-order chi connectivity index (χ1) is 12.6. The number of hydrogen-bond donors (Lipinski definition) is 3. The van der Waals surface area contributed by atoms with E-state index in [9.17, 15) is 4.79 Å². The molecule has 8 heteroatoms. The average Bonchev–Trinajstić information content (AvgIpc) is 3.08. The van der Waals surface area contributed by atoms with E-state index >= 15 is 0 Å². The number of guanidine groups is 1. The van der Waals surface area contributed by atoms with Crippen molar-refractivity contribution in [3.63, 3.8) is 0 Å². The van der Waals surface area contributed by atoms with Gasteiger partial charge in [-0.05, 0) is 25.1 Å². The fourth-order valence-corrected chi connectivity index (χ4v) is 3.04.